The fourth-order valence-corrected chi connectivity index (χ4v) is 3.76. The number of rotatable bonds is 11. The Morgan fingerprint density at radius 3 is 2.88 bits per heavy atom. The number of aromatic carboxylic acids is 1. The van der Waals surface area contributed by atoms with Crippen LogP contribution < -0.4 is 10.0 Å². The summed E-state index contributed by atoms with van der Waals surface area (Å²) in [7, 11) is -3.77. The zero-order valence-corrected chi connectivity index (χ0v) is 15.7. The first-order chi connectivity index (χ1) is 12.4. The molecular weight excluding hydrogens is 360 g/mol. The molecule has 1 atom stereocenters. The van der Waals surface area contributed by atoms with Crippen LogP contribution >= 0.6 is 0 Å². The van der Waals surface area contributed by atoms with Gasteiger partial charge < -0.3 is 19.9 Å². The van der Waals surface area contributed by atoms with Crippen LogP contribution in [-0.4, -0.2) is 58.5 Å². The van der Waals surface area contributed by atoms with Gasteiger partial charge in [0.15, 0.2) is 0 Å². The summed E-state index contributed by atoms with van der Waals surface area (Å²) in [5.74, 6) is -1.19. The van der Waals surface area contributed by atoms with Crippen molar-refractivity contribution in [3.05, 3.63) is 23.8 Å². The van der Waals surface area contributed by atoms with Gasteiger partial charge in [0.25, 0.3) is 0 Å². The van der Waals surface area contributed by atoms with E-state index in [4.69, 9.17) is 9.47 Å². The molecule has 0 aromatic heterocycles. The minimum atomic E-state index is -3.77. The van der Waals surface area contributed by atoms with Gasteiger partial charge in [0, 0.05) is 38.6 Å². The third-order valence-corrected chi connectivity index (χ3v) is 5.50. The molecule has 146 valence electrons. The molecule has 1 saturated heterocycles. The molecule has 0 radical (unpaired) electrons. The molecular formula is C17H26N2O6S. The lowest BCUT2D eigenvalue weighted by Crippen LogP contribution is -2.26. The quantitative estimate of drug-likeness (QED) is 0.496. The maximum Gasteiger partial charge on any atom is 0.337 e. The number of carbonyl (C=O) groups is 1. The minimum Gasteiger partial charge on any atom is -0.478 e. The van der Waals surface area contributed by atoms with Crippen molar-refractivity contribution in [2.45, 2.75) is 37.2 Å². The highest BCUT2D eigenvalue weighted by Crippen LogP contribution is 2.22. The van der Waals surface area contributed by atoms with Crippen molar-refractivity contribution in [2.24, 2.45) is 0 Å². The lowest BCUT2D eigenvalue weighted by molar-refractivity contribution is 0.0697. The van der Waals surface area contributed by atoms with Crippen LogP contribution in [0.1, 0.15) is 36.5 Å². The van der Waals surface area contributed by atoms with E-state index in [0.29, 0.717) is 38.5 Å². The van der Waals surface area contributed by atoms with E-state index in [-0.39, 0.29) is 23.1 Å². The number of hydrogen-bond donors (Lipinski definition) is 3. The second kappa shape index (κ2) is 9.86. The number of nitrogens with one attached hydrogen (secondary N) is 2. The third-order valence-electron chi connectivity index (χ3n) is 4.04. The summed E-state index contributed by atoms with van der Waals surface area (Å²) in [6.07, 6.45) is 2.50. The molecule has 1 aromatic carbocycles. The van der Waals surface area contributed by atoms with Crippen LogP contribution in [0.25, 0.3) is 0 Å². The summed E-state index contributed by atoms with van der Waals surface area (Å²) >= 11 is 0. The molecule has 1 aliphatic heterocycles. The Balaban J connectivity index is 2.04. The Kier molecular flexibility index (Phi) is 7.83. The van der Waals surface area contributed by atoms with Crippen LogP contribution in [-0.2, 0) is 19.5 Å². The maximum absolute atomic E-state index is 12.3. The van der Waals surface area contributed by atoms with Gasteiger partial charge in [-0.3, -0.25) is 0 Å². The molecule has 0 bridgehead atoms. The molecule has 1 aliphatic rings. The van der Waals surface area contributed by atoms with Crippen molar-refractivity contribution in [1.29, 1.82) is 0 Å². The van der Waals surface area contributed by atoms with Gasteiger partial charge in [0.05, 0.1) is 16.6 Å². The molecule has 2 rings (SSSR count). The zero-order valence-electron chi connectivity index (χ0n) is 14.9. The Morgan fingerprint density at radius 1 is 1.42 bits per heavy atom. The summed E-state index contributed by atoms with van der Waals surface area (Å²) in [5, 5.41) is 12.5. The van der Waals surface area contributed by atoms with Gasteiger partial charge in [-0.25, -0.2) is 17.9 Å². The summed E-state index contributed by atoms with van der Waals surface area (Å²) < 4.78 is 37.8. The van der Waals surface area contributed by atoms with Gasteiger partial charge in [-0.15, -0.1) is 0 Å². The number of anilines is 1. The third kappa shape index (κ3) is 5.94. The summed E-state index contributed by atoms with van der Waals surface area (Å²) in [4.78, 5) is 11.5. The molecule has 0 aliphatic carbocycles. The Morgan fingerprint density at radius 2 is 2.23 bits per heavy atom. The summed E-state index contributed by atoms with van der Waals surface area (Å²) in [5.41, 5.74) is 0.295. The molecule has 0 unspecified atom stereocenters. The van der Waals surface area contributed by atoms with Crippen molar-refractivity contribution < 1.29 is 27.8 Å². The van der Waals surface area contributed by atoms with E-state index < -0.39 is 16.0 Å². The number of hydrogen-bond acceptors (Lipinski definition) is 6. The van der Waals surface area contributed by atoms with E-state index in [9.17, 15) is 18.3 Å². The van der Waals surface area contributed by atoms with Gasteiger partial charge in [0.1, 0.15) is 0 Å². The van der Waals surface area contributed by atoms with E-state index in [1.54, 1.807) is 0 Å². The highest BCUT2D eigenvalue weighted by atomic mass is 32.2. The first kappa shape index (κ1) is 20.6. The highest BCUT2D eigenvalue weighted by Gasteiger charge is 2.20. The Labute approximate surface area is 153 Å². The number of carboxylic acid groups (broad SMARTS) is 1. The van der Waals surface area contributed by atoms with Gasteiger partial charge in [0.2, 0.25) is 10.0 Å². The molecule has 0 spiro atoms. The molecule has 1 fully saturated rings. The van der Waals surface area contributed by atoms with Crippen molar-refractivity contribution in [3.63, 3.8) is 0 Å². The van der Waals surface area contributed by atoms with Crippen molar-refractivity contribution in [3.8, 4) is 0 Å². The van der Waals surface area contributed by atoms with Gasteiger partial charge in [-0.2, -0.15) is 0 Å². The first-order valence-electron chi connectivity index (χ1n) is 8.74. The van der Waals surface area contributed by atoms with Gasteiger partial charge in [-0.1, -0.05) is 0 Å². The largest absolute Gasteiger partial charge is 0.478 e. The molecule has 3 N–H and O–H groups in total. The lowest BCUT2D eigenvalue weighted by Gasteiger charge is -2.15. The fraction of sp³-hybridized carbons (Fsp3) is 0.588. The maximum atomic E-state index is 12.3. The number of benzene rings is 1. The van der Waals surface area contributed by atoms with Crippen LogP contribution in [0, 0.1) is 0 Å². The predicted octanol–water partition coefficient (Wildman–Crippen LogP) is 1.68. The second-order valence-electron chi connectivity index (χ2n) is 5.98. The molecule has 9 heteroatoms. The number of carboxylic acids is 1. The predicted molar refractivity (Wildman–Crippen MR) is 97.2 cm³/mol. The van der Waals surface area contributed by atoms with Crippen LogP contribution in [0.2, 0.25) is 0 Å². The molecule has 26 heavy (non-hydrogen) atoms. The SMILES string of the molecule is CCOCCCNS(=O)(=O)c1ccc(NC[C@@H]2CCCO2)c(C(=O)O)c1. The monoisotopic (exact) mass is 386 g/mol. The van der Waals surface area contributed by atoms with Crippen molar-refractivity contribution in [1.82, 2.24) is 4.72 Å². The topological polar surface area (TPSA) is 114 Å². The van der Waals surface area contributed by atoms with E-state index in [2.05, 4.69) is 10.0 Å². The Bertz CT molecular complexity index is 701. The normalized spacial score (nSPS) is 17.3. The van der Waals surface area contributed by atoms with Crippen LogP contribution in [0.15, 0.2) is 23.1 Å². The first-order valence-corrected chi connectivity index (χ1v) is 10.2. The summed E-state index contributed by atoms with van der Waals surface area (Å²) in [6.45, 7) is 4.34. The average Bonchev–Trinajstić information content (AvgIpc) is 3.13. The van der Waals surface area contributed by atoms with Crippen LogP contribution in [0.5, 0.6) is 0 Å². The van der Waals surface area contributed by atoms with Crippen LogP contribution in [0.4, 0.5) is 5.69 Å². The molecule has 1 heterocycles. The highest BCUT2D eigenvalue weighted by molar-refractivity contribution is 7.89. The molecule has 8 nitrogen and oxygen atoms in total. The van der Waals surface area contributed by atoms with Crippen LogP contribution in [0.3, 0.4) is 0 Å². The molecule has 1 aromatic rings. The zero-order chi connectivity index (χ0) is 19.0. The minimum absolute atomic E-state index is 0.0482. The standard InChI is InChI=1S/C17H26N2O6S/c1-2-24-9-4-8-19-26(22,23)14-6-7-16(15(11-14)17(20)21)18-12-13-5-3-10-25-13/h6-7,11,13,18-19H,2-5,8-10,12H2,1H3,(H,20,21)/t13-/m0/s1. The molecule has 0 amide bonds. The Hall–Kier alpha value is -1.68. The second-order valence-corrected chi connectivity index (χ2v) is 7.74. The van der Waals surface area contributed by atoms with Crippen molar-refractivity contribution in [2.75, 3.05) is 38.2 Å². The number of ether oxygens (including phenoxy) is 2. The van der Waals surface area contributed by atoms with E-state index in [1.165, 1.54) is 18.2 Å². The fourth-order valence-electron chi connectivity index (χ4n) is 2.66. The summed E-state index contributed by atoms with van der Waals surface area (Å²) in [6, 6.07) is 4.05. The molecule has 0 saturated carbocycles. The van der Waals surface area contributed by atoms with E-state index in [0.717, 1.165) is 12.8 Å². The van der Waals surface area contributed by atoms with Gasteiger partial charge in [-0.05, 0) is 44.4 Å². The van der Waals surface area contributed by atoms with E-state index in [1.807, 2.05) is 6.92 Å². The average molecular weight is 386 g/mol. The van der Waals surface area contributed by atoms with Gasteiger partial charge >= 0.3 is 5.97 Å². The van der Waals surface area contributed by atoms with Crippen molar-refractivity contribution >= 4 is 21.7 Å². The lowest BCUT2D eigenvalue weighted by atomic mass is 10.1. The van der Waals surface area contributed by atoms with E-state index >= 15 is 0 Å². The smallest absolute Gasteiger partial charge is 0.337 e. The number of sulfonamides is 1.